The number of nitrogens with zero attached hydrogens (tertiary/aromatic N) is 1. The van der Waals surface area contributed by atoms with Gasteiger partial charge in [0.1, 0.15) is 10.4 Å². The van der Waals surface area contributed by atoms with Crippen LogP contribution in [0.1, 0.15) is 16.1 Å². The molecule has 0 radical (unpaired) electrons. The summed E-state index contributed by atoms with van der Waals surface area (Å²) in [6.07, 6.45) is 0. The number of aromatic nitrogens is 1. The Morgan fingerprint density at radius 1 is 1.29 bits per heavy atom. The quantitative estimate of drug-likeness (QED) is 0.633. The molecule has 0 saturated heterocycles. The van der Waals surface area contributed by atoms with Gasteiger partial charge in [0.25, 0.3) is 5.91 Å². The predicted octanol–water partition coefficient (Wildman–Crippen LogP) is 4.35. The Balaban J connectivity index is 1.83. The molecule has 0 unspecified atom stereocenters. The van der Waals surface area contributed by atoms with Gasteiger partial charge in [-0.15, -0.1) is 11.3 Å². The SMILES string of the molecule is O=C(NCc1ccc(F)cc1)c1nc(Br)cc(-c2cccs2)c1O. The molecule has 0 spiro atoms. The number of hydrogen-bond acceptors (Lipinski definition) is 4. The van der Waals surface area contributed by atoms with E-state index in [0.29, 0.717) is 10.2 Å². The van der Waals surface area contributed by atoms with Gasteiger partial charge in [0, 0.05) is 17.0 Å². The van der Waals surface area contributed by atoms with Gasteiger partial charge >= 0.3 is 0 Å². The second-order valence-corrected chi connectivity index (χ2v) is 6.74. The Morgan fingerprint density at radius 2 is 2.04 bits per heavy atom. The van der Waals surface area contributed by atoms with Crippen LogP contribution < -0.4 is 5.32 Å². The third kappa shape index (κ3) is 3.63. The van der Waals surface area contributed by atoms with Crippen LogP contribution >= 0.6 is 27.3 Å². The van der Waals surface area contributed by atoms with E-state index in [1.54, 1.807) is 18.2 Å². The summed E-state index contributed by atoms with van der Waals surface area (Å²) >= 11 is 4.72. The van der Waals surface area contributed by atoms with E-state index >= 15 is 0 Å². The van der Waals surface area contributed by atoms with Crippen molar-refractivity contribution in [3.63, 3.8) is 0 Å². The number of pyridine rings is 1. The summed E-state index contributed by atoms with van der Waals surface area (Å²) in [6, 6.07) is 11.2. The van der Waals surface area contributed by atoms with Gasteiger partial charge in [-0.1, -0.05) is 18.2 Å². The van der Waals surface area contributed by atoms with E-state index in [-0.39, 0.29) is 23.8 Å². The van der Waals surface area contributed by atoms with Crippen LogP contribution in [0.3, 0.4) is 0 Å². The number of thiophene rings is 1. The molecule has 0 saturated carbocycles. The van der Waals surface area contributed by atoms with Crippen molar-refractivity contribution in [2.75, 3.05) is 0 Å². The highest BCUT2D eigenvalue weighted by molar-refractivity contribution is 9.10. The molecule has 3 rings (SSSR count). The van der Waals surface area contributed by atoms with Crippen LogP contribution in [0.25, 0.3) is 10.4 Å². The molecule has 2 aromatic heterocycles. The zero-order valence-electron chi connectivity index (χ0n) is 12.3. The minimum Gasteiger partial charge on any atom is -0.505 e. The average Bonchev–Trinajstić information content (AvgIpc) is 3.10. The number of hydrogen-bond donors (Lipinski definition) is 2. The van der Waals surface area contributed by atoms with E-state index in [4.69, 9.17) is 0 Å². The zero-order chi connectivity index (χ0) is 17.1. The Morgan fingerprint density at radius 3 is 2.71 bits per heavy atom. The van der Waals surface area contributed by atoms with E-state index in [1.807, 2.05) is 17.5 Å². The summed E-state index contributed by atoms with van der Waals surface area (Å²) in [4.78, 5) is 17.3. The van der Waals surface area contributed by atoms with Gasteiger partial charge < -0.3 is 10.4 Å². The number of benzene rings is 1. The monoisotopic (exact) mass is 406 g/mol. The number of rotatable bonds is 4. The summed E-state index contributed by atoms with van der Waals surface area (Å²) in [5.41, 5.74) is 1.23. The second-order valence-electron chi connectivity index (χ2n) is 4.98. The fourth-order valence-corrected chi connectivity index (χ4v) is 3.30. The van der Waals surface area contributed by atoms with Crippen molar-refractivity contribution < 1.29 is 14.3 Å². The van der Waals surface area contributed by atoms with Crippen LogP contribution in [0, 0.1) is 5.82 Å². The van der Waals surface area contributed by atoms with Crippen LogP contribution in [0.2, 0.25) is 0 Å². The number of aromatic hydroxyl groups is 1. The minimum absolute atomic E-state index is 0.0603. The number of amides is 1. The van der Waals surface area contributed by atoms with Crippen molar-refractivity contribution in [3.05, 3.63) is 69.5 Å². The molecule has 0 bridgehead atoms. The van der Waals surface area contributed by atoms with E-state index in [2.05, 4.69) is 26.2 Å². The normalized spacial score (nSPS) is 10.6. The summed E-state index contributed by atoms with van der Waals surface area (Å²) in [7, 11) is 0. The number of halogens is 2. The highest BCUT2D eigenvalue weighted by Gasteiger charge is 2.19. The first-order chi connectivity index (χ1) is 11.5. The Labute approximate surface area is 150 Å². The molecular formula is C17H12BrFN2O2S. The molecule has 2 N–H and O–H groups in total. The first-order valence-corrected chi connectivity index (χ1v) is 8.68. The first-order valence-electron chi connectivity index (χ1n) is 7.00. The van der Waals surface area contributed by atoms with E-state index in [9.17, 15) is 14.3 Å². The topological polar surface area (TPSA) is 62.2 Å². The predicted molar refractivity (Wildman–Crippen MR) is 94.5 cm³/mol. The van der Waals surface area contributed by atoms with Crippen LogP contribution in [0.15, 0.2) is 52.4 Å². The molecule has 3 aromatic rings. The largest absolute Gasteiger partial charge is 0.505 e. The van der Waals surface area contributed by atoms with Crippen molar-refractivity contribution in [3.8, 4) is 16.2 Å². The maximum atomic E-state index is 12.9. The first kappa shape index (κ1) is 16.6. The third-order valence-corrected chi connectivity index (χ3v) is 4.64. The standard InChI is InChI=1S/C17H12BrFN2O2S/c18-14-8-12(13-2-1-7-24-13)16(22)15(21-14)17(23)20-9-10-3-5-11(19)6-4-10/h1-8,22H,9H2,(H,20,23). The summed E-state index contributed by atoms with van der Waals surface area (Å²) in [6.45, 7) is 0.209. The zero-order valence-corrected chi connectivity index (χ0v) is 14.7. The molecular weight excluding hydrogens is 395 g/mol. The van der Waals surface area contributed by atoms with Crippen LogP contribution in [0.4, 0.5) is 4.39 Å². The molecule has 122 valence electrons. The van der Waals surface area contributed by atoms with Gasteiger partial charge in [0.2, 0.25) is 0 Å². The molecule has 4 nitrogen and oxygen atoms in total. The van der Waals surface area contributed by atoms with E-state index in [0.717, 1.165) is 10.4 Å². The molecule has 1 amide bonds. The Bertz CT molecular complexity index is 867. The maximum Gasteiger partial charge on any atom is 0.274 e. The fraction of sp³-hybridized carbons (Fsp3) is 0.0588. The lowest BCUT2D eigenvalue weighted by molar-refractivity contribution is 0.0943. The lowest BCUT2D eigenvalue weighted by Gasteiger charge is -2.10. The fourth-order valence-electron chi connectivity index (χ4n) is 2.15. The number of carbonyl (C=O) groups excluding carboxylic acids is 1. The highest BCUT2D eigenvalue weighted by Crippen LogP contribution is 2.36. The van der Waals surface area contributed by atoms with Crippen LogP contribution in [-0.2, 0) is 6.54 Å². The Hall–Kier alpha value is -2.25. The molecule has 0 atom stereocenters. The average molecular weight is 407 g/mol. The molecule has 24 heavy (non-hydrogen) atoms. The van der Waals surface area contributed by atoms with Crippen molar-refractivity contribution in [2.24, 2.45) is 0 Å². The number of nitrogens with one attached hydrogen (secondary N) is 1. The summed E-state index contributed by atoms with van der Waals surface area (Å²) in [5, 5.41) is 15.0. The summed E-state index contributed by atoms with van der Waals surface area (Å²) < 4.78 is 13.3. The maximum absolute atomic E-state index is 12.9. The highest BCUT2D eigenvalue weighted by atomic mass is 79.9. The molecule has 7 heteroatoms. The van der Waals surface area contributed by atoms with E-state index in [1.165, 1.54) is 23.5 Å². The molecule has 1 aromatic carbocycles. The smallest absolute Gasteiger partial charge is 0.274 e. The van der Waals surface area contributed by atoms with Crippen molar-refractivity contribution >= 4 is 33.2 Å². The van der Waals surface area contributed by atoms with Crippen molar-refractivity contribution in [2.45, 2.75) is 6.54 Å². The number of carbonyl (C=O) groups is 1. The van der Waals surface area contributed by atoms with Crippen LogP contribution in [0.5, 0.6) is 5.75 Å². The van der Waals surface area contributed by atoms with Gasteiger partial charge in [-0.05, 0) is 51.1 Å². The van der Waals surface area contributed by atoms with Gasteiger partial charge in [0.05, 0.1) is 0 Å². The second kappa shape index (κ2) is 7.11. The third-order valence-electron chi connectivity index (χ3n) is 3.33. The van der Waals surface area contributed by atoms with Crippen molar-refractivity contribution in [1.29, 1.82) is 0 Å². The Kier molecular flexibility index (Phi) is 4.92. The molecule has 0 fully saturated rings. The molecule has 0 aliphatic heterocycles. The molecule has 0 aliphatic carbocycles. The van der Waals surface area contributed by atoms with Crippen LogP contribution in [-0.4, -0.2) is 16.0 Å². The lowest BCUT2D eigenvalue weighted by Crippen LogP contribution is -2.24. The lowest BCUT2D eigenvalue weighted by atomic mass is 10.1. The van der Waals surface area contributed by atoms with Gasteiger partial charge in [-0.2, -0.15) is 0 Å². The van der Waals surface area contributed by atoms with Gasteiger partial charge in [0.15, 0.2) is 11.4 Å². The molecule has 0 aliphatic rings. The minimum atomic E-state index is -0.504. The van der Waals surface area contributed by atoms with E-state index < -0.39 is 5.91 Å². The van der Waals surface area contributed by atoms with Gasteiger partial charge in [-0.3, -0.25) is 4.79 Å². The van der Waals surface area contributed by atoms with Gasteiger partial charge in [-0.25, -0.2) is 9.37 Å². The molecule has 2 heterocycles. The summed E-state index contributed by atoms with van der Waals surface area (Å²) in [5.74, 6) is -1.01. The van der Waals surface area contributed by atoms with Crippen molar-refractivity contribution in [1.82, 2.24) is 10.3 Å².